The van der Waals surface area contributed by atoms with Gasteiger partial charge in [-0.05, 0) is 67.0 Å². The fraction of sp³-hybridized carbons (Fsp3) is 0.318. The minimum absolute atomic E-state index is 0.0207. The molecule has 3 N–H and O–H groups in total. The molecule has 0 radical (unpaired) electrons. The average Bonchev–Trinajstić information content (AvgIpc) is 2.75. The molecule has 2 aromatic carbocycles. The topological polar surface area (TPSA) is 88.7 Å². The lowest BCUT2D eigenvalue weighted by atomic mass is 10.2. The van der Waals surface area contributed by atoms with Crippen molar-refractivity contribution < 1.29 is 19.1 Å². The van der Waals surface area contributed by atoms with Crippen molar-refractivity contribution in [3.63, 3.8) is 0 Å². The lowest BCUT2D eigenvalue weighted by Gasteiger charge is -2.12. The van der Waals surface area contributed by atoms with Crippen LogP contribution in [-0.2, 0) is 4.79 Å². The number of nitrogens with one attached hydrogen (secondary N) is 3. The number of amides is 2. The van der Waals surface area contributed by atoms with Crippen LogP contribution in [0.15, 0.2) is 42.5 Å². The van der Waals surface area contributed by atoms with E-state index >= 15 is 0 Å². The Balaban J connectivity index is 1.65. The number of carbonyl (C=O) groups is 2. The first kappa shape index (κ1) is 25.7. The summed E-state index contributed by atoms with van der Waals surface area (Å²) in [5, 5.41) is 3.40. The Morgan fingerprint density at radius 3 is 2.41 bits per heavy atom. The summed E-state index contributed by atoms with van der Waals surface area (Å²) in [6, 6.07) is 11.6. The normalized spacial score (nSPS) is 10.4. The SMILES string of the molecule is CC(C)COc1ccc(C(=O)NC(=S)NNC(=O)CCCOc2ccc(Cl)cc2Cl)cc1. The summed E-state index contributed by atoms with van der Waals surface area (Å²) in [7, 11) is 0. The van der Waals surface area contributed by atoms with Crippen molar-refractivity contribution >= 4 is 52.3 Å². The van der Waals surface area contributed by atoms with E-state index < -0.39 is 5.91 Å². The molecule has 0 aliphatic rings. The van der Waals surface area contributed by atoms with Gasteiger partial charge in [-0.15, -0.1) is 0 Å². The number of halogens is 2. The molecular formula is C22H25Cl2N3O4S. The zero-order valence-electron chi connectivity index (χ0n) is 17.7. The molecule has 0 aromatic heterocycles. The van der Waals surface area contributed by atoms with Crippen LogP contribution in [0.3, 0.4) is 0 Å². The van der Waals surface area contributed by atoms with Gasteiger partial charge in [0.2, 0.25) is 5.91 Å². The van der Waals surface area contributed by atoms with Crippen LogP contribution in [0.1, 0.15) is 37.0 Å². The number of ether oxygens (including phenoxy) is 2. The summed E-state index contributed by atoms with van der Waals surface area (Å²) in [6.45, 7) is 5.01. The second-order valence-corrected chi connectivity index (χ2v) is 8.46. The predicted molar refractivity (Wildman–Crippen MR) is 129 cm³/mol. The number of hydrazine groups is 1. The van der Waals surface area contributed by atoms with E-state index in [1.54, 1.807) is 42.5 Å². The van der Waals surface area contributed by atoms with Crippen LogP contribution in [0.5, 0.6) is 11.5 Å². The standard InChI is InChI=1S/C22H25Cl2N3O4S/c1-14(2)13-31-17-8-5-15(6-9-17)21(29)25-22(32)27-26-20(28)4-3-11-30-19-10-7-16(23)12-18(19)24/h5-10,12,14H,3-4,11,13H2,1-2H3,(H,26,28)(H2,25,27,29,32). The van der Waals surface area contributed by atoms with Crippen molar-refractivity contribution in [3.8, 4) is 11.5 Å². The monoisotopic (exact) mass is 497 g/mol. The second kappa shape index (κ2) is 13.1. The van der Waals surface area contributed by atoms with Crippen LogP contribution in [0, 0.1) is 5.92 Å². The molecule has 0 heterocycles. The van der Waals surface area contributed by atoms with Crippen molar-refractivity contribution in [2.24, 2.45) is 5.92 Å². The van der Waals surface area contributed by atoms with Crippen molar-refractivity contribution in [2.45, 2.75) is 26.7 Å². The number of benzene rings is 2. The second-order valence-electron chi connectivity index (χ2n) is 7.21. The van der Waals surface area contributed by atoms with Gasteiger partial charge in [-0.2, -0.15) is 0 Å². The highest BCUT2D eigenvalue weighted by Gasteiger charge is 2.09. The Hall–Kier alpha value is -2.55. The number of hydrogen-bond acceptors (Lipinski definition) is 5. The van der Waals surface area contributed by atoms with Crippen LogP contribution in [-0.4, -0.2) is 30.1 Å². The van der Waals surface area contributed by atoms with E-state index in [9.17, 15) is 9.59 Å². The molecule has 0 unspecified atom stereocenters. The molecule has 2 aromatic rings. The Kier molecular flexibility index (Phi) is 10.5. The van der Waals surface area contributed by atoms with Crippen LogP contribution in [0.2, 0.25) is 10.0 Å². The summed E-state index contributed by atoms with van der Waals surface area (Å²) in [6.07, 6.45) is 0.642. The molecule has 2 rings (SSSR count). The molecule has 0 bridgehead atoms. The maximum absolute atomic E-state index is 12.2. The maximum atomic E-state index is 12.2. The first-order valence-electron chi connectivity index (χ1n) is 9.95. The number of hydrogen-bond donors (Lipinski definition) is 3. The van der Waals surface area contributed by atoms with E-state index in [1.165, 1.54) is 0 Å². The fourth-order valence-electron chi connectivity index (χ4n) is 2.37. The van der Waals surface area contributed by atoms with Crippen molar-refractivity contribution in [2.75, 3.05) is 13.2 Å². The van der Waals surface area contributed by atoms with Crippen LogP contribution >= 0.6 is 35.4 Å². The van der Waals surface area contributed by atoms with Gasteiger partial charge in [0.05, 0.1) is 18.2 Å². The van der Waals surface area contributed by atoms with E-state index in [-0.39, 0.29) is 17.4 Å². The number of carbonyl (C=O) groups excluding carboxylic acids is 2. The van der Waals surface area contributed by atoms with E-state index in [4.69, 9.17) is 44.9 Å². The smallest absolute Gasteiger partial charge is 0.257 e. The number of thiocarbonyl (C=S) groups is 1. The summed E-state index contributed by atoms with van der Waals surface area (Å²) in [5.74, 6) is 0.883. The molecular weight excluding hydrogens is 473 g/mol. The van der Waals surface area contributed by atoms with Gasteiger partial charge in [-0.25, -0.2) is 0 Å². The Morgan fingerprint density at radius 2 is 1.75 bits per heavy atom. The maximum Gasteiger partial charge on any atom is 0.257 e. The van der Waals surface area contributed by atoms with E-state index in [2.05, 4.69) is 30.0 Å². The Labute approximate surface area is 202 Å². The third-order valence-corrected chi connectivity index (χ3v) is 4.68. The zero-order chi connectivity index (χ0) is 23.5. The molecule has 172 valence electrons. The first-order valence-corrected chi connectivity index (χ1v) is 11.1. The third-order valence-electron chi connectivity index (χ3n) is 3.94. The average molecular weight is 498 g/mol. The van der Waals surface area contributed by atoms with Gasteiger partial charge in [-0.1, -0.05) is 37.0 Å². The number of rotatable bonds is 9. The highest BCUT2D eigenvalue weighted by Crippen LogP contribution is 2.27. The van der Waals surface area contributed by atoms with Gasteiger partial charge >= 0.3 is 0 Å². The highest BCUT2D eigenvalue weighted by molar-refractivity contribution is 7.80. The van der Waals surface area contributed by atoms with E-state index in [1.807, 2.05) is 0 Å². The van der Waals surface area contributed by atoms with E-state index in [0.29, 0.717) is 52.7 Å². The first-order chi connectivity index (χ1) is 15.2. The molecule has 2 amide bonds. The minimum atomic E-state index is -0.402. The largest absolute Gasteiger partial charge is 0.493 e. The van der Waals surface area contributed by atoms with Crippen LogP contribution < -0.4 is 25.6 Å². The molecule has 0 saturated heterocycles. The van der Waals surface area contributed by atoms with Gasteiger partial charge in [0, 0.05) is 17.0 Å². The van der Waals surface area contributed by atoms with Crippen LogP contribution in [0.4, 0.5) is 0 Å². The van der Waals surface area contributed by atoms with Crippen molar-refractivity contribution in [1.29, 1.82) is 0 Å². The quantitative estimate of drug-likeness (QED) is 0.268. The molecule has 0 spiro atoms. The molecule has 0 fully saturated rings. The lowest BCUT2D eigenvalue weighted by Crippen LogP contribution is -2.48. The molecule has 0 atom stereocenters. The molecule has 0 aliphatic carbocycles. The summed E-state index contributed by atoms with van der Waals surface area (Å²) < 4.78 is 11.1. The predicted octanol–water partition coefficient (Wildman–Crippen LogP) is 4.52. The third kappa shape index (κ3) is 9.30. The minimum Gasteiger partial charge on any atom is -0.493 e. The summed E-state index contributed by atoms with van der Waals surface area (Å²) >= 11 is 16.9. The Morgan fingerprint density at radius 1 is 1.03 bits per heavy atom. The molecule has 7 nitrogen and oxygen atoms in total. The van der Waals surface area contributed by atoms with Gasteiger partial charge in [0.25, 0.3) is 5.91 Å². The lowest BCUT2D eigenvalue weighted by molar-refractivity contribution is -0.121. The van der Waals surface area contributed by atoms with Crippen LogP contribution in [0.25, 0.3) is 0 Å². The van der Waals surface area contributed by atoms with Crippen molar-refractivity contribution in [1.82, 2.24) is 16.2 Å². The van der Waals surface area contributed by atoms with Gasteiger partial charge in [0.1, 0.15) is 11.5 Å². The van der Waals surface area contributed by atoms with Crippen molar-refractivity contribution in [3.05, 3.63) is 58.1 Å². The zero-order valence-corrected chi connectivity index (χ0v) is 20.1. The van der Waals surface area contributed by atoms with Gasteiger partial charge in [-0.3, -0.25) is 25.8 Å². The molecule has 32 heavy (non-hydrogen) atoms. The highest BCUT2D eigenvalue weighted by atomic mass is 35.5. The van der Waals surface area contributed by atoms with Gasteiger partial charge < -0.3 is 9.47 Å². The van der Waals surface area contributed by atoms with E-state index in [0.717, 1.165) is 0 Å². The molecule has 10 heteroatoms. The summed E-state index contributed by atoms with van der Waals surface area (Å²) in [5.41, 5.74) is 5.34. The fourth-order valence-corrected chi connectivity index (χ4v) is 2.97. The molecule has 0 saturated carbocycles. The Bertz CT molecular complexity index is 939. The van der Waals surface area contributed by atoms with Gasteiger partial charge in [0.15, 0.2) is 5.11 Å². The molecule has 0 aliphatic heterocycles. The summed E-state index contributed by atoms with van der Waals surface area (Å²) in [4.78, 5) is 24.2.